The number of aromatic nitrogens is 2. The first-order chi connectivity index (χ1) is 10.8. The number of rotatable bonds is 4. The molecule has 0 aliphatic heterocycles. The molecule has 122 valence electrons. The van der Waals surface area contributed by atoms with E-state index in [0.29, 0.717) is 10.8 Å². The molecule has 0 spiro atoms. The number of methoxy groups -OCH3 is 1. The van der Waals surface area contributed by atoms with E-state index in [-0.39, 0.29) is 11.4 Å². The van der Waals surface area contributed by atoms with Crippen molar-refractivity contribution in [3.8, 4) is 5.75 Å². The number of hydrazine groups is 1. The summed E-state index contributed by atoms with van der Waals surface area (Å²) in [5.74, 6) is -0.0449. The Morgan fingerprint density at radius 3 is 2.52 bits per heavy atom. The normalized spacial score (nSPS) is 10.3. The number of carbonyl (C=O) groups is 1. The van der Waals surface area contributed by atoms with Crippen molar-refractivity contribution in [2.24, 2.45) is 14.1 Å². The third-order valence-corrected chi connectivity index (χ3v) is 3.47. The molecule has 2 N–H and O–H groups in total. The Morgan fingerprint density at radius 1 is 1.17 bits per heavy atom. The number of halogens is 1. The minimum absolute atomic E-state index is 0.146. The van der Waals surface area contributed by atoms with E-state index in [0.717, 1.165) is 4.57 Å². The summed E-state index contributed by atoms with van der Waals surface area (Å²) in [5, 5.41) is 0.372. The summed E-state index contributed by atoms with van der Waals surface area (Å²) in [6.45, 7) is 0. The predicted octanol–water partition coefficient (Wildman–Crippen LogP) is 0.503. The van der Waals surface area contributed by atoms with Crippen molar-refractivity contribution in [2.45, 2.75) is 0 Å². The average Bonchev–Trinajstić information content (AvgIpc) is 2.54. The molecule has 0 unspecified atom stereocenters. The Bertz CT molecular complexity index is 872. The van der Waals surface area contributed by atoms with E-state index in [1.807, 2.05) is 0 Å². The molecule has 23 heavy (non-hydrogen) atoms. The van der Waals surface area contributed by atoms with Crippen molar-refractivity contribution in [1.82, 2.24) is 14.6 Å². The first kappa shape index (κ1) is 16.6. The summed E-state index contributed by atoms with van der Waals surface area (Å²) in [5.41, 5.74) is 4.13. The lowest BCUT2D eigenvalue weighted by atomic mass is 10.2. The van der Waals surface area contributed by atoms with Crippen molar-refractivity contribution >= 4 is 23.3 Å². The number of anilines is 1. The quantitative estimate of drug-likeness (QED) is 0.792. The van der Waals surface area contributed by atoms with Crippen LogP contribution in [0.4, 0.5) is 5.82 Å². The third kappa shape index (κ3) is 3.37. The number of hydrogen-bond donors (Lipinski definition) is 2. The van der Waals surface area contributed by atoms with Gasteiger partial charge in [0.15, 0.2) is 0 Å². The molecule has 2 aromatic rings. The van der Waals surface area contributed by atoms with E-state index in [4.69, 9.17) is 16.3 Å². The molecule has 0 aliphatic rings. The van der Waals surface area contributed by atoms with Crippen molar-refractivity contribution in [3.05, 3.63) is 55.7 Å². The molecule has 0 radical (unpaired) electrons. The maximum atomic E-state index is 12.2. The minimum Gasteiger partial charge on any atom is -0.496 e. The highest BCUT2D eigenvalue weighted by atomic mass is 35.5. The van der Waals surface area contributed by atoms with Gasteiger partial charge in [-0.15, -0.1) is 0 Å². The lowest BCUT2D eigenvalue weighted by Crippen LogP contribution is -2.40. The van der Waals surface area contributed by atoms with E-state index in [1.165, 1.54) is 37.9 Å². The van der Waals surface area contributed by atoms with Gasteiger partial charge in [0.05, 0.1) is 12.7 Å². The van der Waals surface area contributed by atoms with Gasteiger partial charge >= 0.3 is 5.69 Å². The Labute approximate surface area is 136 Å². The highest BCUT2D eigenvalue weighted by Crippen LogP contribution is 2.22. The van der Waals surface area contributed by atoms with Crippen LogP contribution in [0.15, 0.2) is 33.9 Å². The Morgan fingerprint density at radius 2 is 1.87 bits per heavy atom. The van der Waals surface area contributed by atoms with E-state index in [1.54, 1.807) is 12.1 Å². The Balaban J connectivity index is 2.25. The van der Waals surface area contributed by atoms with Crippen LogP contribution in [-0.2, 0) is 14.1 Å². The molecule has 0 bridgehead atoms. The van der Waals surface area contributed by atoms with Gasteiger partial charge < -0.3 is 4.74 Å². The van der Waals surface area contributed by atoms with Crippen LogP contribution in [0, 0.1) is 0 Å². The van der Waals surface area contributed by atoms with Crippen molar-refractivity contribution in [2.75, 3.05) is 12.5 Å². The molecule has 9 heteroatoms. The van der Waals surface area contributed by atoms with Crippen molar-refractivity contribution in [1.29, 1.82) is 0 Å². The Kier molecular flexibility index (Phi) is 4.75. The summed E-state index contributed by atoms with van der Waals surface area (Å²) >= 11 is 5.87. The number of amides is 1. The van der Waals surface area contributed by atoms with Crippen LogP contribution in [0.1, 0.15) is 10.4 Å². The maximum Gasteiger partial charge on any atom is 0.332 e. The summed E-state index contributed by atoms with van der Waals surface area (Å²) in [7, 11) is 4.26. The zero-order valence-electron chi connectivity index (χ0n) is 12.7. The number of nitrogens with one attached hydrogen (secondary N) is 2. The largest absolute Gasteiger partial charge is 0.496 e. The van der Waals surface area contributed by atoms with Gasteiger partial charge in [-0.1, -0.05) is 11.6 Å². The first-order valence-corrected chi connectivity index (χ1v) is 6.90. The average molecular weight is 339 g/mol. The molecule has 8 nitrogen and oxygen atoms in total. The highest BCUT2D eigenvalue weighted by molar-refractivity contribution is 6.31. The molecule has 0 aliphatic carbocycles. The summed E-state index contributed by atoms with van der Waals surface area (Å²) in [6, 6.07) is 5.79. The van der Waals surface area contributed by atoms with Gasteiger partial charge in [0, 0.05) is 25.2 Å². The topological polar surface area (TPSA) is 94.4 Å². The number of nitrogens with zero attached hydrogens (tertiary/aromatic N) is 2. The molecular weight excluding hydrogens is 324 g/mol. The summed E-state index contributed by atoms with van der Waals surface area (Å²) in [6.07, 6.45) is 0. The second kappa shape index (κ2) is 6.57. The monoisotopic (exact) mass is 338 g/mol. The molecule has 2 rings (SSSR count). The van der Waals surface area contributed by atoms with Crippen LogP contribution in [0.5, 0.6) is 5.75 Å². The smallest absolute Gasteiger partial charge is 0.332 e. The Hall–Kier alpha value is -2.74. The van der Waals surface area contributed by atoms with Crippen LogP contribution in [0.25, 0.3) is 0 Å². The molecule has 1 heterocycles. The van der Waals surface area contributed by atoms with Gasteiger partial charge in [-0.3, -0.25) is 29.6 Å². The SMILES string of the molecule is COc1ccc(Cl)cc1C(=O)NNc1cc(=O)n(C)c(=O)n1C. The lowest BCUT2D eigenvalue weighted by molar-refractivity contribution is 0.0959. The third-order valence-electron chi connectivity index (χ3n) is 3.24. The van der Waals surface area contributed by atoms with Crippen molar-refractivity contribution in [3.63, 3.8) is 0 Å². The number of benzene rings is 1. The molecule has 0 saturated carbocycles. The van der Waals surface area contributed by atoms with Gasteiger partial charge in [-0.2, -0.15) is 0 Å². The van der Waals surface area contributed by atoms with E-state index < -0.39 is 17.2 Å². The predicted molar refractivity (Wildman–Crippen MR) is 86.0 cm³/mol. The number of carbonyl (C=O) groups excluding carboxylic acids is 1. The van der Waals surface area contributed by atoms with Gasteiger partial charge in [0.25, 0.3) is 11.5 Å². The molecule has 1 amide bonds. The standard InChI is InChI=1S/C14H15ClN4O4/c1-18-11(7-12(20)19(2)14(18)22)16-17-13(21)9-6-8(15)4-5-10(9)23-3/h4-7,16H,1-3H3,(H,17,21). The second-order valence-corrected chi connectivity index (χ2v) is 5.13. The van der Waals surface area contributed by atoms with E-state index in [2.05, 4.69) is 10.9 Å². The van der Waals surface area contributed by atoms with Crippen LogP contribution in [-0.4, -0.2) is 22.2 Å². The summed E-state index contributed by atoms with van der Waals surface area (Å²) in [4.78, 5) is 35.7. The van der Waals surface area contributed by atoms with Crippen molar-refractivity contribution < 1.29 is 9.53 Å². The minimum atomic E-state index is -0.530. The van der Waals surface area contributed by atoms with E-state index in [9.17, 15) is 14.4 Å². The first-order valence-electron chi connectivity index (χ1n) is 6.52. The molecule has 0 fully saturated rings. The van der Waals surface area contributed by atoms with Gasteiger partial charge in [0.1, 0.15) is 11.6 Å². The maximum absolute atomic E-state index is 12.2. The second-order valence-electron chi connectivity index (χ2n) is 4.69. The molecule has 1 aromatic carbocycles. The van der Waals surface area contributed by atoms with Crippen LogP contribution in [0.2, 0.25) is 5.02 Å². The fourth-order valence-electron chi connectivity index (χ4n) is 1.90. The van der Waals surface area contributed by atoms with Crippen LogP contribution >= 0.6 is 11.6 Å². The fourth-order valence-corrected chi connectivity index (χ4v) is 2.07. The van der Waals surface area contributed by atoms with Crippen LogP contribution in [0.3, 0.4) is 0 Å². The molecular formula is C14H15ClN4O4. The highest BCUT2D eigenvalue weighted by Gasteiger charge is 2.13. The number of hydrogen-bond acceptors (Lipinski definition) is 5. The lowest BCUT2D eigenvalue weighted by Gasteiger charge is -2.14. The molecule has 0 saturated heterocycles. The number of ether oxygens (including phenoxy) is 1. The van der Waals surface area contributed by atoms with Crippen LogP contribution < -0.4 is 26.8 Å². The zero-order chi connectivity index (χ0) is 17.1. The fraction of sp³-hybridized carbons (Fsp3) is 0.214. The van der Waals surface area contributed by atoms with E-state index >= 15 is 0 Å². The molecule has 1 aromatic heterocycles. The summed E-state index contributed by atoms with van der Waals surface area (Å²) < 4.78 is 7.24. The van der Waals surface area contributed by atoms with Gasteiger partial charge in [-0.05, 0) is 18.2 Å². The zero-order valence-corrected chi connectivity index (χ0v) is 13.5. The van der Waals surface area contributed by atoms with Gasteiger partial charge in [-0.25, -0.2) is 4.79 Å². The molecule has 0 atom stereocenters. The van der Waals surface area contributed by atoms with Gasteiger partial charge in [0.2, 0.25) is 0 Å².